The molecular formula is C32H35N5O3. The number of benzene rings is 2. The van der Waals surface area contributed by atoms with Gasteiger partial charge in [0.15, 0.2) is 0 Å². The summed E-state index contributed by atoms with van der Waals surface area (Å²) in [4.78, 5) is 13.2. The molecule has 1 aromatic heterocycles. The topological polar surface area (TPSA) is 86.1 Å². The van der Waals surface area contributed by atoms with Crippen molar-refractivity contribution in [3.8, 4) is 23.1 Å². The molecule has 8 nitrogen and oxygen atoms in total. The Morgan fingerprint density at radius 1 is 0.950 bits per heavy atom. The van der Waals surface area contributed by atoms with Crippen molar-refractivity contribution in [1.29, 1.82) is 5.26 Å². The molecule has 0 saturated carbocycles. The molecule has 3 aromatic rings. The fourth-order valence-corrected chi connectivity index (χ4v) is 6.24. The Morgan fingerprint density at radius 2 is 1.75 bits per heavy atom. The Kier molecular flexibility index (Phi) is 7.02. The summed E-state index contributed by atoms with van der Waals surface area (Å²) >= 11 is 0. The first-order chi connectivity index (χ1) is 19.7. The number of hydrogen-bond donors (Lipinski definition) is 1. The number of nitriles is 1. The molecule has 7 rings (SSSR count). The van der Waals surface area contributed by atoms with E-state index in [9.17, 15) is 5.26 Å². The number of aromatic nitrogens is 1. The number of nitrogens with one attached hydrogen (secondary N) is 1. The highest BCUT2D eigenvalue weighted by molar-refractivity contribution is 5.75. The first-order valence-electron chi connectivity index (χ1n) is 14.5. The minimum atomic E-state index is 0.103. The van der Waals surface area contributed by atoms with Gasteiger partial charge in [-0.05, 0) is 47.9 Å². The summed E-state index contributed by atoms with van der Waals surface area (Å²) in [6.07, 6.45) is 4.59. The molecule has 0 aliphatic carbocycles. The van der Waals surface area contributed by atoms with Crippen LogP contribution in [0.15, 0.2) is 53.5 Å². The molecule has 0 radical (unpaired) electrons. The zero-order valence-corrected chi connectivity index (χ0v) is 22.7. The normalized spacial score (nSPS) is 22.0. The largest absolute Gasteiger partial charge is 0.489 e. The van der Waals surface area contributed by atoms with Crippen molar-refractivity contribution in [3.63, 3.8) is 0 Å². The fourth-order valence-electron chi connectivity index (χ4n) is 6.24. The molecule has 4 aliphatic heterocycles. The molecule has 1 N–H and O–H groups in total. The maximum atomic E-state index is 9.89. The van der Waals surface area contributed by atoms with E-state index in [2.05, 4.69) is 62.2 Å². The third-order valence-electron chi connectivity index (χ3n) is 8.75. The molecule has 0 amide bonds. The lowest BCUT2D eigenvalue weighted by Gasteiger charge is -2.43. The highest BCUT2D eigenvalue weighted by atomic mass is 16.5. The highest BCUT2D eigenvalue weighted by Gasteiger charge is 2.29. The van der Waals surface area contributed by atoms with Crippen LogP contribution in [0.1, 0.15) is 41.9 Å². The Hall–Kier alpha value is -3.64. The number of aromatic amines is 1. The van der Waals surface area contributed by atoms with E-state index in [1.165, 1.54) is 11.3 Å². The summed E-state index contributed by atoms with van der Waals surface area (Å²) < 4.78 is 17.0. The van der Waals surface area contributed by atoms with Gasteiger partial charge in [0.25, 0.3) is 0 Å². The summed E-state index contributed by atoms with van der Waals surface area (Å²) in [7, 11) is 0. The lowest BCUT2D eigenvalue weighted by molar-refractivity contribution is -0.0660. The van der Waals surface area contributed by atoms with Gasteiger partial charge in [0.1, 0.15) is 23.7 Å². The molecule has 3 saturated heterocycles. The van der Waals surface area contributed by atoms with Crippen LogP contribution in [0.4, 0.5) is 11.5 Å². The second-order valence-electron chi connectivity index (χ2n) is 11.1. The lowest BCUT2D eigenvalue weighted by atomic mass is 9.87. The second-order valence-corrected chi connectivity index (χ2v) is 11.1. The van der Waals surface area contributed by atoms with E-state index in [-0.39, 0.29) is 12.0 Å². The molecule has 2 aromatic carbocycles. The van der Waals surface area contributed by atoms with E-state index >= 15 is 0 Å². The molecule has 206 valence electrons. The van der Waals surface area contributed by atoms with E-state index < -0.39 is 0 Å². The van der Waals surface area contributed by atoms with Gasteiger partial charge in [-0.15, -0.1) is 0 Å². The average molecular weight is 538 g/mol. The van der Waals surface area contributed by atoms with E-state index in [1.807, 2.05) is 18.3 Å². The number of nitrogens with zero attached hydrogens (tertiary/aromatic N) is 4. The number of piperazine rings is 1. The maximum absolute atomic E-state index is 9.89. The van der Waals surface area contributed by atoms with Crippen LogP contribution in [0, 0.1) is 11.3 Å². The van der Waals surface area contributed by atoms with Crippen LogP contribution in [0.25, 0.3) is 11.3 Å². The smallest absolute Gasteiger partial charge is 0.137 e. The van der Waals surface area contributed by atoms with Crippen LogP contribution in [-0.4, -0.2) is 80.9 Å². The molecule has 8 heteroatoms. The van der Waals surface area contributed by atoms with Crippen LogP contribution in [-0.2, 0) is 9.47 Å². The van der Waals surface area contributed by atoms with E-state index in [0.717, 1.165) is 81.3 Å². The van der Waals surface area contributed by atoms with Gasteiger partial charge in [0.05, 0.1) is 38.0 Å². The maximum Gasteiger partial charge on any atom is 0.137 e. The lowest BCUT2D eigenvalue weighted by Crippen LogP contribution is -2.56. The number of ether oxygens (including phenoxy) is 3. The van der Waals surface area contributed by atoms with Gasteiger partial charge in [-0.25, -0.2) is 4.99 Å². The third-order valence-corrected chi connectivity index (χ3v) is 8.75. The van der Waals surface area contributed by atoms with Crippen molar-refractivity contribution in [2.75, 3.05) is 57.5 Å². The minimum Gasteiger partial charge on any atom is -0.489 e. The van der Waals surface area contributed by atoms with Crippen LogP contribution in [0.5, 0.6) is 5.75 Å². The third kappa shape index (κ3) is 5.01. The predicted molar refractivity (Wildman–Crippen MR) is 155 cm³/mol. The average Bonchev–Trinajstić information content (AvgIpc) is 3.42. The standard InChI is InChI=1S/C32H35N5O3/c33-19-24-17-23(3-6-31(24)40-27-8-15-38-16-9-27)28-7-10-34-32-29(28)18-30(35-32)22-1-4-25(5-2-22)36-11-13-37(14-12-36)26-20-39-21-26/h1-6,10,17-18,26-28,35H,7-9,11-16,20-21H2/t28-/m0/s1. The van der Waals surface area contributed by atoms with Gasteiger partial charge in [0.2, 0.25) is 0 Å². The first kappa shape index (κ1) is 25.3. The van der Waals surface area contributed by atoms with E-state index in [1.54, 1.807) is 0 Å². The molecule has 3 fully saturated rings. The van der Waals surface area contributed by atoms with Crippen molar-refractivity contribution in [1.82, 2.24) is 9.88 Å². The minimum absolute atomic E-state index is 0.103. The number of anilines is 1. The summed E-state index contributed by atoms with van der Waals surface area (Å²) in [6.45, 7) is 7.47. The van der Waals surface area contributed by atoms with Crippen LogP contribution in [0.2, 0.25) is 0 Å². The van der Waals surface area contributed by atoms with Gasteiger partial charge >= 0.3 is 0 Å². The number of fused-ring (bicyclic) bond motifs is 1. The summed E-state index contributed by atoms with van der Waals surface area (Å²) in [5.74, 6) is 1.70. The summed E-state index contributed by atoms with van der Waals surface area (Å²) in [5, 5.41) is 9.89. The zero-order valence-electron chi connectivity index (χ0n) is 22.7. The monoisotopic (exact) mass is 537 g/mol. The molecule has 0 bridgehead atoms. The quantitative estimate of drug-likeness (QED) is 0.483. The van der Waals surface area contributed by atoms with Gasteiger partial charge in [-0.3, -0.25) is 4.90 Å². The first-order valence-corrected chi connectivity index (χ1v) is 14.5. The molecule has 0 unspecified atom stereocenters. The van der Waals surface area contributed by atoms with Crippen LogP contribution < -0.4 is 9.64 Å². The second kappa shape index (κ2) is 11.1. The number of hydrogen-bond acceptors (Lipinski definition) is 7. The summed E-state index contributed by atoms with van der Waals surface area (Å²) in [6, 6.07) is 20.1. The molecule has 40 heavy (non-hydrogen) atoms. The Labute approximate surface area is 235 Å². The number of aliphatic imine (C=N–C) groups is 1. The van der Waals surface area contributed by atoms with Crippen LogP contribution >= 0.6 is 0 Å². The molecule has 5 heterocycles. The van der Waals surface area contributed by atoms with Gasteiger partial charge in [0, 0.05) is 68.1 Å². The predicted octanol–water partition coefficient (Wildman–Crippen LogP) is 4.87. The molecule has 4 aliphatic rings. The highest BCUT2D eigenvalue weighted by Crippen LogP contribution is 2.41. The number of rotatable bonds is 6. The van der Waals surface area contributed by atoms with E-state index in [4.69, 9.17) is 14.2 Å². The summed E-state index contributed by atoms with van der Waals surface area (Å²) in [5.41, 5.74) is 6.34. The fraction of sp³-hybridized carbons (Fsp3) is 0.438. The van der Waals surface area contributed by atoms with Crippen molar-refractivity contribution in [2.45, 2.75) is 37.3 Å². The molecule has 1 atom stereocenters. The molecule has 0 spiro atoms. The van der Waals surface area contributed by atoms with Gasteiger partial charge in [-0.2, -0.15) is 5.26 Å². The number of H-pyrrole nitrogens is 1. The zero-order chi connectivity index (χ0) is 26.9. The Balaban J connectivity index is 1.06. The van der Waals surface area contributed by atoms with Gasteiger partial charge in [-0.1, -0.05) is 18.2 Å². The van der Waals surface area contributed by atoms with Crippen molar-refractivity contribution < 1.29 is 14.2 Å². The van der Waals surface area contributed by atoms with Crippen molar-refractivity contribution in [3.05, 3.63) is 65.2 Å². The van der Waals surface area contributed by atoms with Gasteiger partial charge < -0.3 is 24.1 Å². The SMILES string of the molecule is N#Cc1cc([C@@H]2CC=Nc3[nH]c(-c4ccc(N5CCN(C6COC6)CC5)cc4)cc32)ccc1OC1CCOCC1. The van der Waals surface area contributed by atoms with Crippen LogP contribution in [0.3, 0.4) is 0 Å². The van der Waals surface area contributed by atoms with Crippen molar-refractivity contribution >= 4 is 17.7 Å². The Bertz CT molecular complexity index is 1410. The van der Waals surface area contributed by atoms with Crippen molar-refractivity contribution in [2.24, 2.45) is 4.99 Å². The van der Waals surface area contributed by atoms with E-state index in [0.29, 0.717) is 30.6 Å². The Morgan fingerprint density at radius 3 is 2.48 bits per heavy atom. The molecular weight excluding hydrogens is 502 g/mol.